The molecule has 0 aliphatic heterocycles. The standard InChI is InChI=1S/C11H8N2O3S/c1-15-11(14)10-9(12)5-2-7-6(13-4-16-7)3-8(5)17-10/h2-4H,12H2,1H3. The number of oxazole rings is 1. The van der Waals surface area contributed by atoms with E-state index >= 15 is 0 Å². The SMILES string of the molecule is COC(=O)c1sc2cc3ncoc3cc2c1N. The molecule has 0 fully saturated rings. The summed E-state index contributed by atoms with van der Waals surface area (Å²) in [6, 6.07) is 3.64. The first kappa shape index (κ1) is 10.1. The Labute approximate surface area is 99.8 Å². The van der Waals surface area contributed by atoms with Crippen molar-refractivity contribution in [1.29, 1.82) is 0 Å². The van der Waals surface area contributed by atoms with Crippen LogP contribution in [0.4, 0.5) is 5.69 Å². The Balaban J connectivity index is 2.35. The number of thiophene rings is 1. The summed E-state index contributed by atoms with van der Waals surface area (Å²) in [5, 5.41) is 0.791. The van der Waals surface area contributed by atoms with Crippen LogP contribution < -0.4 is 5.73 Å². The minimum Gasteiger partial charge on any atom is -0.465 e. The van der Waals surface area contributed by atoms with E-state index in [2.05, 4.69) is 9.72 Å². The second-order valence-electron chi connectivity index (χ2n) is 3.50. The van der Waals surface area contributed by atoms with E-state index in [9.17, 15) is 4.79 Å². The van der Waals surface area contributed by atoms with Crippen molar-refractivity contribution in [3.63, 3.8) is 0 Å². The number of hydrogen-bond donors (Lipinski definition) is 1. The Morgan fingerprint density at radius 3 is 3.12 bits per heavy atom. The van der Waals surface area contributed by atoms with Gasteiger partial charge >= 0.3 is 5.97 Å². The molecule has 2 aromatic heterocycles. The number of anilines is 1. The molecule has 0 radical (unpaired) electrons. The van der Waals surface area contributed by atoms with Crippen molar-refractivity contribution in [1.82, 2.24) is 4.98 Å². The lowest BCUT2D eigenvalue weighted by Crippen LogP contribution is -2.01. The van der Waals surface area contributed by atoms with Crippen molar-refractivity contribution >= 4 is 44.2 Å². The highest BCUT2D eigenvalue weighted by atomic mass is 32.1. The molecule has 2 heterocycles. The van der Waals surface area contributed by atoms with Gasteiger partial charge in [0.25, 0.3) is 0 Å². The largest absolute Gasteiger partial charge is 0.465 e. The predicted octanol–water partition coefficient (Wildman–Crippen LogP) is 2.41. The van der Waals surface area contributed by atoms with E-state index in [1.807, 2.05) is 6.07 Å². The monoisotopic (exact) mass is 248 g/mol. The van der Waals surface area contributed by atoms with Gasteiger partial charge in [0.1, 0.15) is 10.4 Å². The summed E-state index contributed by atoms with van der Waals surface area (Å²) < 4.78 is 10.8. The molecular weight excluding hydrogens is 240 g/mol. The van der Waals surface area contributed by atoms with Gasteiger partial charge in [-0.1, -0.05) is 0 Å². The summed E-state index contributed by atoms with van der Waals surface area (Å²) in [6.07, 6.45) is 1.38. The number of benzene rings is 1. The van der Waals surface area contributed by atoms with Crippen molar-refractivity contribution < 1.29 is 13.9 Å². The third kappa shape index (κ3) is 1.38. The highest BCUT2D eigenvalue weighted by Gasteiger charge is 2.17. The molecule has 3 rings (SSSR count). The number of carbonyl (C=O) groups is 1. The van der Waals surface area contributed by atoms with Gasteiger partial charge in [0.15, 0.2) is 12.0 Å². The molecule has 17 heavy (non-hydrogen) atoms. The maximum absolute atomic E-state index is 11.5. The fraction of sp³-hybridized carbons (Fsp3) is 0.0909. The lowest BCUT2D eigenvalue weighted by Gasteiger charge is -1.95. The first-order chi connectivity index (χ1) is 8.20. The van der Waals surface area contributed by atoms with Gasteiger partial charge in [0, 0.05) is 10.1 Å². The van der Waals surface area contributed by atoms with Crippen LogP contribution in [0, 0.1) is 0 Å². The fourth-order valence-electron chi connectivity index (χ4n) is 1.71. The molecule has 6 heteroatoms. The zero-order valence-corrected chi connectivity index (χ0v) is 9.71. The molecule has 0 aliphatic rings. The summed E-state index contributed by atoms with van der Waals surface area (Å²) in [7, 11) is 1.33. The number of rotatable bonds is 1. The maximum Gasteiger partial charge on any atom is 0.350 e. The number of nitrogens with two attached hydrogens (primary N) is 1. The van der Waals surface area contributed by atoms with Gasteiger partial charge < -0.3 is 14.9 Å². The van der Waals surface area contributed by atoms with Crippen LogP contribution in [0.5, 0.6) is 0 Å². The molecular formula is C11H8N2O3S. The van der Waals surface area contributed by atoms with Crippen molar-refractivity contribution in [2.45, 2.75) is 0 Å². The topological polar surface area (TPSA) is 78.3 Å². The number of methoxy groups -OCH3 is 1. The highest BCUT2D eigenvalue weighted by molar-refractivity contribution is 7.21. The van der Waals surface area contributed by atoms with E-state index in [1.165, 1.54) is 24.8 Å². The summed E-state index contributed by atoms with van der Waals surface area (Å²) in [5.74, 6) is -0.423. The van der Waals surface area contributed by atoms with Crippen molar-refractivity contribution in [2.75, 3.05) is 12.8 Å². The molecule has 5 nitrogen and oxygen atoms in total. The third-order valence-electron chi connectivity index (χ3n) is 2.55. The van der Waals surface area contributed by atoms with Crippen LogP contribution in [0.25, 0.3) is 21.2 Å². The minimum absolute atomic E-state index is 0.412. The van der Waals surface area contributed by atoms with Gasteiger partial charge in [-0.2, -0.15) is 0 Å². The summed E-state index contributed by atoms with van der Waals surface area (Å²) in [6.45, 7) is 0. The van der Waals surface area contributed by atoms with Crippen molar-refractivity contribution in [2.24, 2.45) is 0 Å². The molecule has 0 unspecified atom stereocenters. The first-order valence-electron chi connectivity index (χ1n) is 4.84. The van der Waals surface area contributed by atoms with Crippen LogP contribution in [-0.2, 0) is 4.74 Å². The maximum atomic E-state index is 11.5. The van der Waals surface area contributed by atoms with E-state index in [-0.39, 0.29) is 0 Å². The number of nitrogen functional groups attached to an aromatic ring is 1. The van der Waals surface area contributed by atoms with Crippen LogP contribution in [0.1, 0.15) is 9.67 Å². The fourth-order valence-corrected chi connectivity index (χ4v) is 2.77. The zero-order chi connectivity index (χ0) is 12.0. The Hall–Kier alpha value is -2.08. The van der Waals surface area contributed by atoms with Crippen LogP contribution >= 0.6 is 11.3 Å². The second kappa shape index (κ2) is 3.46. The van der Waals surface area contributed by atoms with Crippen LogP contribution in [0.2, 0.25) is 0 Å². The molecule has 0 saturated carbocycles. The number of carbonyl (C=O) groups excluding carboxylic acids is 1. The van der Waals surface area contributed by atoms with E-state index in [0.29, 0.717) is 16.1 Å². The number of fused-ring (bicyclic) bond motifs is 2. The minimum atomic E-state index is -0.423. The van der Waals surface area contributed by atoms with Gasteiger partial charge in [-0.15, -0.1) is 11.3 Å². The Kier molecular flexibility index (Phi) is 2.05. The second-order valence-corrected chi connectivity index (χ2v) is 4.56. The lowest BCUT2D eigenvalue weighted by molar-refractivity contribution is 0.0607. The molecule has 2 N–H and O–H groups in total. The molecule has 3 aromatic rings. The van der Waals surface area contributed by atoms with Crippen molar-refractivity contribution in [3.05, 3.63) is 23.4 Å². The average molecular weight is 248 g/mol. The number of aromatic nitrogens is 1. The molecule has 0 bridgehead atoms. The predicted molar refractivity (Wildman–Crippen MR) is 65.1 cm³/mol. The van der Waals surface area contributed by atoms with Crippen LogP contribution in [-0.4, -0.2) is 18.1 Å². The van der Waals surface area contributed by atoms with E-state index in [1.54, 1.807) is 6.07 Å². The summed E-state index contributed by atoms with van der Waals surface area (Å²) in [4.78, 5) is 16.0. The Morgan fingerprint density at radius 1 is 1.53 bits per heavy atom. The average Bonchev–Trinajstić information content (AvgIpc) is 2.91. The molecule has 0 atom stereocenters. The number of hydrogen-bond acceptors (Lipinski definition) is 6. The molecule has 0 aliphatic carbocycles. The summed E-state index contributed by atoms with van der Waals surface area (Å²) >= 11 is 1.29. The summed E-state index contributed by atoms with van der Waals surface area (Å²) in [5.41, 5.74) is 7.75. The molecule has 86 valence electrons. The first-order valence-corrected chi connectivity index (χ1v) is 5.66. The van der Waals surface area contributed by atoms with Crippen LogP contribution in [0.3, 0.4) is 0 Å². The van der Waals surface area contributed by atoms with Crippen molar-refractivity contribution in [3.8, 4) is 0 Å². The molecule has 1 aromatic carbocycles. The lowest BCUT2D eigenvalue weighted by atomic mass is 10.2. The number of ether oxygens (including phenoxy) is 1. The Morgan fingerprint density at radius 2 is 2.35 bits per heavy atom. The van der Waals surface area contributed by atoms with Gasteiger partial charge in [-0.05, 0) is 12.1 Å². The van der Waals surface area contributed by atoms with Gasteiger partial charge in [0.05, 0.1) is 12.8 Å². The quantitative estimate of drug-likeness (QED) is 0.669. The van der Waals surface area contributed by atoms with E-state index in [0.717, 1.165) is 15.6 Å². The van der Waals surface area contributed by atoms with Crippen LogP contribution in [0.15, 0.2) is 22.9 Å². The Bertz CT molecular complexity index is 729. The third-order valence-corrected chi connectivity index (χ3v) is 3.70. The number of esters is 1. The van der Waals surface area contributed by atoms with E-state index in [4.69, 9.17) is 10.2 Å². The highest BCUT2D eigenvalue weighted by Crippen LogP contribution is 2.36. The number of nitrogens with zero attached hydrogens (tertiary/aromatic N) is 1. The van der Waals surface area contributed by atoms with Gasteiger partial charge in [0.2, 0.25) is 0 Å². The van der Waals surface area contributed by atoms with E-state index < -0.39 is 5.97 Å². The smallest absolute Gasteiger partial charge is 0.350 e. The molecule has 0 saturated heterocycles. The molecule has 0 spiro atoms. The zero-order valence-electron chi connectivity index (χ0n) is 8.89. The normalized spacial score (nSPS) is 11.1. The van der Waals surface area contributed by atoms with Gasteiger partial charge in [-0.25, -0.2) is 9.78 Å². The van der Waals surface area contributed by atoms with Gasteiger partial charge in [-0.3, -0.25) is 0 Å². The molecule has 0 amide bonds.